The van der Waals surface area contributed by atoms with Crippen molar-refractivity contribution in [3.05, 3.63) is 10.4 Å². The minimum Gasteiger partial charge on any atom is -0.397 e. The van der Waals surface area contributed by atoms with E-state index in [-0.39, 0.29) is 5.78 Å². The van der Waals surface area contributed by atoms with Gasteiger partial charge < -0.3 is 10.6 Å². The van der Waals surface area contributed by atoms with Crippen LogP contribution in [0.3, 0.4) is 0 Å². The molecule has 0 radical (unpaired) electrons. The summed E-state index contributed by atoms with van der Waals surface area (Å²) in [5, 5.41) is 1.30. The molecule has 0 unspecified atom stereocenters. The number of nitrogens with zero attached hydrogens (tertiary/aromatic N) is 1. The van der Waals surface area contributed by atoms with Gasteiger partial charge in [-0.25, -0.2) is 0 Å². The van der Waals surface area contributed by atoms with Crippen molar-refractivity contribution in [2.75, 3.05) is 35.2 Å². The molecule has 0 atom stereocenters. The highest BCUT2D eigenvalue weighted by molar-refractivity contribution is 7.99. The van der Waals surface area contributed by atoms with Gasteiger partial charge in [0, 0.05) is 30.8 Å². The highest BCUT2D eigenvalue weighted by atomic mass is 32.2. The predicted octanol–water partition coefficient (Wildman–Crippen LogP) is 3.74. The van der Waals surface area contributed by atoms with Gasteiger partial charge in [-0.1, -0.05) is 6.92 Å². The van der Waals surface area contributed by atoms with Gasteiger partial charge in [-0.15, -0.1) is 11.3 Å². The third kappa shape index (κ3) is 2.70. The van der Waals surface area contributed by atoms with Crippen LogP contribution in [0, 0.1) is 0 Å². The lowest BCUT2D eigenvalue weighted by atomic mass is 10.1. The standard InChI is InChI=1S/C15H22N2OS2/c1-2-11(18)14-13(16)12(10-4-5-10)15(20-14)17-6-3-8-19-9-7-17/h10H,2-9,16H2,1H3. The first-order chi connectivity index (χ1) is 9.72. The summed E-state index contributed by atoms with van der Waals surface area (Å²) in [7, 11) is 0. The van der Waals surface area contributed by atoms with Crippen LogP contribution in [0.2, 0.25) is 0 Å². The van der Waals surface area contributed by atoms with Crippen molar-refractivity contribution >= 4 is 39.6 Å². The number of thioether (sulfide) groups is 1. The summed E-state index contributed by atoms with van der Waals surface area (Å²) in [6.45, 7) is 4.11. The Balaban J connectivity index is 1.97. The van der Waals surface area contributed by atoms with Crippen molar-refractivity contribution in [1.29, 1.82) is 0 Å². The van der Waals surface area contributed by atoms with Crippen molar-refractivity contribution in [1.82, 2.24) is 0 Å². The highest BCUT2D eigenvalue weighted by Crippen LogP contribution is 2.52. The number of rotatable bonds is 4. The van der Waals surface area contributed by atoms with E-state index in [4.69, 9.17) is 5.73 Å². The average molecular weight is 310 g/mol. The van der Waals surface area contributed by atoms with Crippen LogP contribution in [0.1, 0.15) is 53.8 Å². The lowest BCUT2D eigenvalue weighted by Gasteiger charge is -2.22. The molecule has 1 saturated heterocycles. The molecule has 0 aromatic carbocycles. The van der Waals surface area contributed by atoms with E-state index < -0.39 is 0 Å². The van der Waals surface area contributed by atoms with Gasteiger partial charge in [0.15, 0.2) is 5.78 Å². The molecular formula is C15H22N2OS2. The normalized spacial score (nSPS) is 19.9. The zero-order valence-corrected chi connectivity index (χ0v) is 13.6. The second-order valence-corrected chi connectivity index (χ2v) is 7.79. The van der Waals surface area contributed by atoms with Gasteiger partial charge in [0.25, 0.3) is 0 Å². The lowest BCUT2D eigenvalue weighted by Crippen LogP contribution is -2.25. The number of ketones is 1. The Morgan fingerprint density at radius 1 is 1.35 bits per heavy atom. The van der Waals surface area contributed by atoms with Gasteiger partial charge in [-0.3, -0.25) is 4.79 Å². The van der Waals surface area contributed by atoms with Crippen molar-refractivity contribution < 1.29 is 4.79 Å². The summed E-state index contributed by atoms with van der Waals surface area (Å²) in [6.07, 6.45) is 4.24. The molecule has 2 N–H and O–H groups in total. The van der Waals surface area contributed by atoms with E-state index in [1.165, 1.54) is 41.3 Å². The lowest BCUT2D eigenvalue weighted by molar-refractivity contribution is 0.0993. The van der Waals surface area contributed by atoms with Gasteiger partial charge in [0.2, 0.25) is 0 Å². The number of carbonyl (C=O) groups is 1. The second-order valence-electron chi connectivity index (χ2n) is 5.57. The molecule has 0 bridgehead atoms. The van der Waals surface area contributed by atoms with Gasteiger partial charge in [-0.05, 0) is 30.9 Å². The van der Waals surface area contributed by atoms with Crippen molar-refractivity contribution in [3.63, 3.8) is 0 Å². The second kappa shape index (κ2) is 5.98. The topological polar surface area (TPSA) is 46.3 Å². The number of hydrogen-bond donors (Lipinski definition) is 1. The fraction of sp³-hybridized carbons (Fsp3) is 0.667. The monoisotopic (exact) mass is 310 g/mol. The van der Waals surface area contributed by atoms with E-state index >= 15 is 0 Å². The van der Waals surface area contributed by atoms with Crippen LogP contribution in [-0.2, 0) is 0 Å². The smallest absolute Gasteiger partial charge is 0.174 e. The van der Waals surface area contributed by atoms with Gasteiger partial charge in [-0.2, -0.15) is 11.8 Å². The molecule has 1 aromatic heterocycles. The number of anilines is 2. The molecule has 1 aromatic rings. The van der Waals surface area contributed by atoms with Crippen molar-refractivity contribution in [3.8, 4) is 0 Å². The number of nitrogens with two attached hydrogens (primary N) is 1. The molecular weight excluding hydrogens is 288 g/mol. The van der Waals surface area contributed by atoms with Gasteiger partial charge in [0.1, 0.15) is 0 Å². The van der Waals surface area contributed by atoms with E-state index in [0.29, 0.717) is 12.3 Å². The Bertz CT molecular complexity index is 500. The first kappa shape index (κ1) is 14.3. The fourth-order valence-electron chi connectivity index (χ4n) is 2.76. The molecule has 2 aliphatic rings. The van der Waals surface area contributed by atoms with Crippen molar-refractivity contribution in [2.24, 2.45) is 0 Å². The number of Topliss-reactive ketones (excluding diaryl/α,β-unsaturated/α-hetero) is 1. The third-order valence-corrected chi connectivity index (χ3v) is 6.41. The zero-order valence-electron chi connectivity index (χ0n) is 12.0. The van der Waals surface area contributed by atoms with Crippen LogP contribution in [0.15, 0.2) is 0 Å². The number of thiophene rings is 1. The predicted molar refractivity (Wildman–Crippen MR) is 89.5 cm³/mol. The molecule has 1 saturated carbocycles. The summed E-state index contributed by atoms with van der Waals surface area (Å²) in [4.78, 5) is 15.4. The molecule has 0 amide bonds. The molecule has 2 heterocycles. The van der Waals surface area contributed by atoms with E-state index in [0.717, 1.165) is 23.7 Å². The van der Waals surface area contributed by atoms with Crippen LogP contribution in [0.25, 0.3) is 0 Å². The van der Waals surface area contributed by atoms with Crippen LogP contribution in [0.5, 0.6) is 0 Å². The molecule has 5 heteroatoms. The quantitative estimate of drug-likeness (QED) is 0.861. The highest BCUT2D eigenvalue weighted by Gasteiger charge is 2.34. The summed E-state index contributed by atoms with van der Waals surface area (Å²) < 4.78 is 0. The van der Waals surface area contributed by atoms with Crippen LogP contribution in [-0.4, -0.2) is 30.4 Å². The molecule has 1 aliphatic carbocycles. The molecule has 2 fully saturated rings. The van der Waals surface area contributed by atoms with Gasteiger partial charge >= 0.3 is 0 Å². The first-order valence-corrected chi connectivity index (χ1v) is 9.47. The van der Waals surface area contributed by atoms with Crippen molar-refractivity contribution in [2.45, 2.75) is 38.5 Å². The van der Waals surface area contributed by atoms with Gasteiger partial charge in [0.05, 0.1) is 15.6 Å². The SMILES string of the molecule is CCC(=O)c1sc(N2CCCSCC2)c(C2CC2)c1N. The molecule has 1 aliphatic heterocycles. The molecule has 3 nitrogen and oxygen atoms in total. The largest absolute Gasteiger partial charge is 0.397 e. The Labute approximate surface area is 128 Å². The van der Waals surface area contributed by atoms with Crippen LogP contribution >= 0.6 is 23.1 Å². The first-order valence-electron chi connectivity index (χ1n) is 7.50. The summed E-state index contributed by atoms with van der Waals surface area (Å²) >= 11 is 3.68. The molecule has 20 heavy (non-hydrogen) atoms. The fourth-order valence-corrected chi connectivity index (χ4v) is 5.02. The van der Waals surface area contributed by atoms with E-state index in [1.54, 1.807) is 11.3 Å². The van der Waals surface area contributed by atoms with Crippen LogP contribution in [0.4, 0.5) is 10.7 Å². The van der Waals surface area contributed by atoms with E-state index in [1.807, 2.05) is 18.7 Å². The molecule has 3 rings (SSSR count). The number of carbonyl (C=O) groups excluding carboxylic acids is 1. The average Bonchev–Trinajstić information content (AvgIpc) is 3.26. The molecule has 0 spiro atoms. The molecule has 110 valence electrons. The zero-order chi connectivity index (χ0) is 14.1. The Morgan fingerprint density at radius 2 is 2.15 bits per heavy atom. The summed E-state index contributed by atoms with van der Waals surface area (Å²) in [6, 6.07) is 0. The Morgan fingerprint density at radius 3 is 2.85 bits per heavy atom. The summed E-state index contributed by atoms with van der Waals surface area (Å²) in [5.41, 5.74) is 8.40. The Hall–Kier alpha value is -0.680. The van der Waals surface area contributed by atoms with E-state index in [2.05, 4.69) is 4.90 Å². The minimum atomic E-state index is 0.199. The third-order valence-electron chi connectivity index (χ3n) is 4.03. The maximum absolute atomic E-state index is 12.1. The Kier molecular flexibility index (Phi) is 4.26. The number of hydrogen-bond acceptors (Lipinski definition) is 5. The van der Waals surface area contributed by atoms with E-state index in [9.17, 15) is 4.79 Å². The van der Waals surface area contributed by atoms with Crippen LogP contribution < -0.4 is 10.6 Å². The minimum absolute atomic E-state index is 0.199. The number of nitrogen functional groups attached to an aromatic ring is 1. The maximum atomic E-state index is 12.1. The summed E-state index contributed by atoms with van der Waals surface area (Å²) in [5.74, 6) is 3.23. The maximum Gasteiger partial charge on any atom is 0.174 e.